The lowest BCUT2D eigenvalue weighted by Gasteiger charge is -2.24. The lowest BCUT2D eigenvalue weighted by Crippen LogP contribution is -2.25. The van der Waals surface area contributed by atoms with Crippen molar-refractivity contribution in [3.05, 3.63) is 71.5 Å². The van der Waals surface area contributed by atoms with Crippen LogP contribution in [0.15, 0.2) is 54.7 Å². The third-order valence-electron chi connectivity index (χ3n) is 5.86. The molecule has 9 nitrogen and oxygen atoms in total. The number of benzene rings is 2. The first-order valence-corrected chi connectivity index (χ1v) is 11.4. The lowest BCUT2D eigenvalue weighted by molar-refractivity contribution is -0.116. The monoisotopic (exact) mass is 470 g/mol. The van der Waals surface area contributed by atoms with E-state index >= 15 is 0 Å². The first kappa shape index (κ1) is 22.5. The fourth-order valence-corrected chi connectivity index (χ4v) is 4.34. The first-order valence-electron chi connectivity index (χ1n) is 11.4. The standard InChI is InChI=1S/C26H26N6O3/c1-15(2)35-20-7-5-6-18(12-20)21-13-23(33)29-25-24(21)16(3)31-32(25)26-28-22(14-27-30-26)17-8-10-19(34-4)11-9-17/h5-12,14-15,21H,13H2,1-4H3,(H,29,33)/t21-/m1/s1. The number of rotatable bonds is 6. The molecule has 0 radical (unpaired) electrons. The van der Waals surface area contributed by atoms with Crippen LogP contribution in [0.3, 0.4) is 0 Å². The second-order valence-corrected chi connectivity index (χ2v) is 8.67. The molecule has 4 aromatic rings. The van der Waals surface area contributed by atoms with Gasteiger partial charge in [-0.1, -0.05) is 12.1 Å². The molecule has 1 amide bonds. The summed E-state index contributed by atoms with van der Waals surface area (Å²) >= 11 is 0. The summed E-state index contributed by atoms with van der Waals surface area (Å²) < 4.78 is 12.7. The zero-order valence-electron chi connectivity index (χ0n) is 20.0. The third-order valence-corrected chi connectivity index (χ3v) is 5.86. The number of nitrogens with one attached hydrogen (secondary N) is 1. The van der Waals surface area contributed by atoms with Crippen molar-refractivity contribution in [3.8, 4) is 28.7 Å². The van der Waals surface area contributed by atoms with Crippen molar-refractivity contribution in [1.29, 1.82) is 0 Å². The van der Waals surface area contributed by atoms with Gasteiger partial charge in [-0.25, -0.2) is 4.98 Å². The van der Waals surface area contributed by atoms with Gasteiger partial charge < -0.3 is 14.8 Å². The van der Waals surface area contributed by atoms with Gasteiger partial charge in [0.15, 0.2) is 0 Å². The fraction of sp³-hybridized carbons (Fsp3) is 0.269. The van der Waals surface area contributed by atoms with Crippen LogP contribution in [0, 0.1) is 6.92 Å². The van der Waals surface area contributed by atoms with E-state index in [-0.39, 0.29) is 23.9 Å². The maximum absolute atomic E-state index is 12.8. The number of fused-ring (bicyclic) bond motifs is 1. The molecule has 0 unspecified atom stereocenters. The molecule has 0 bridgehead atoms. The van der Waals surface area contributed by atoms with Crippen LogP contribution in [0.25, 0.3) is 17.2 Å². The highest BCUT2D eigenvalue weighted by Crippen LogP contribution is 2.40. The van der Waals surface area contributed by atoms with E-state index in [2.05, 4.69) is 20.5 Å². The van der Waals surface area contributed by atoms with Crippen LogP contribution < -0.4 is 14.8 Å². The van der Waals surface area contributed by atoms with Crippen LogP contribution >= 0.6 is 0 Å². The predicted molar refractivity (Wildman–Crippen MR) is 131 cm³/mol. The van der Waals surface area contributed by atoms with Crippen molar-refractivity contribution in [2.75, 3.05) is 12.4 Å². The molecule has 0 saturated heterocycles. The van der Waals surface area contributed by atoms with Gasteiger partial charge in [-0.2, -0.15) is 14.9 Å². The molecule has 9 heteroatoms. The van der Waals surface area contributed by atoms with E-state index in [1.165, 1.54) is 0 Å². The minimum atomic E-state index is -0.166. The van der Waals surface area contributed by atoms with Gasteiger partial charge >= 0.3 is 0 Å². The molecule has 1 aliphatic heterocycles. The van der Waals surface area contributed by atoms with E-state index in [1.807, 2.05) is 69.3 Å². The normalized spacial score (nSPS) is 15.0. The van der Waals surface area contributed by atoms with Crippen LogP contribution in [-0.4, -0.2) is 44.1 Å². The number of nitrogens with zero attached hydrogens (tertiary/aromatic N) is 5. The molecule has 0 fully saturated rings. The number of carbonyl (C=O) groups excluding carboxylic acids is 1. The second-order valence-electron chi connectivity index (χ2n) is 8.67. The smallest absolute Gasteiger partial charge is 0.272 e. The van der Waals surface area contributed by atoms with Crippen molar-refractivity contribution in [2.45, 2.75) is 39.2 Å². The van der Waals surface area contributed by atoms with Crippen molar-refractivity contribution in [1.82, 2.24) is 25.0 Å². The first-order chi connectivity index (χ1) is 16.9. The highest BCUT2D eigenvalue weighted by molar-refractivity contribution is 5.95. The summed E-state index contributed by atoms with van der Waals surface area (Å²) in [5, 5.41) is 16.0. The number of amides is 1. The summed E-state index contributed by atoms with van der Waals surface area (Å²) in [6, 6.07) is 15.4. The number of aromatic nitrogens is 5. The molecule has 1 N–H and O–H groups in total. The van der Waals surface area contributed by atoms with Gasteiger partial charge in [-0.3, -0.25) is 4.79 Å². The maximum atomic E-state index is 12.8. The molecule has 0 saturated carbocycles. The van der Waals surface area contributed by atoms with E-state index in [0.717, 1.165) is 33.9 Å². The predicted octanol–water partition coefficient (Wildman–Crippen LogP) is 4.30. The van der Waals surface area contributed by atoms with Gasteiger partial charge in [0, 0.05) is 23.5 Å². The minimum Gasteiger partial charge on any atom is -0.497 e. The Labute approximate surface area is 203 Å². The van der Waals surface area contributed by atoms with E-state index < -0.39 is 0 Å². The van der Waals surface area contributed by atoms with Crippen LogP contribution in [-0.2, 0) is 4.79 Å². The zero-order chi connectivity index (χ0) is 24.5. The average Bonchev–Trinajstić information content (AvgIpc) is 3.19. The molecular weight excluding hydrogens is 444 g/mol. The van der Waals surface area contributed by atoms with Gasteiger partial charge in [0.25, 0.3) is 5.95 Å². The quantitative estimate of drug-likeness (QED) is 0.448. The number of carbonyl (C=O) groups is 1. The van der Waals surface area contributed by atoms with Crippen molar-refractivity contribution < 1.29 is 14.3 Å². The van der Waals surface area contributed by atoms with Crippen LogP contribution in [0.5, 0.6) is 11.5 Å². The summed E-state index contributed by atoms with van der Waals surface area (Å²) in [7, 11) is 1.62. The zero-order valence-corrected chi connectivity index (χ0v) is 20.0. The molecule has 2 aromatic carbocycles. The molecule has 35 heavy (non-hydrogen) atoms. The lowest BCUT2D eigenvalue weighted by atomic mass is 9.86. The molecule has 1 aliphatic rings. The number of hydrogen-bond acceptors (Lipinski definition) is 7. The second kappa shape index (κ2) is 9.17. The summed E-state index contributed by atoms with van der Waals surface area (Å²) in [4.78, 5) is 17.4. The van der Waals surface area contributed by atoms with Gasteiger partial charge in [0.1, 0.15) is 17.3 Å². The van der Waals surface area contributed by atoms with Gasteiger partial charge in [-0.05, 0) is 62.7 Å². The number of methoxy groups -OCH3 is 1. The number of anilines is 1. The van der Waals surface area contributed by atoms with Crippen LogP contribution in [0.2, 0.25) is 0 Å². The summed E-state index contributed by atoms with van der Waals surface area (Å²) in [5.41, 5.74) is 4.22. The Kier molecular flexibility index (Phi) is 5.90. The van der Waals surface area contributed by atoms with E-state index in [4.69, 9.17) is 14.6 Å². The largest absolute Gasteiger partial charge is 0.497 e. The molecule has 0 spiro atoms. The Morgan fingerprint density at radius 2 is 1.91 bits per heavy atom. The minimum absolute atomic E-state index is 0.0579. The van der Waals surface area contributed by atoms with Gasteiger partial charge in [-0.15, -0.1) is 5.10 Å². The van der Waals surface area contributed by atoms with Crippen LogP contribution in [0.4, 0.5) is 5.82 Å². The highest BCUT2D eigenvalue weighted by atomic mass is 16.5. The third kappa shape index (κ3) is 4.44. The highest BCUT2D eigenvalue weighted by Gasteiger charge is 2.33. The Balaban J connectivity index is 1.55. The van der Waals surface area contributed by atoms with Gasteiger partial charge in [0.2, 0.25) is 5.91 Å². The molecular formula is C26H26N6O3. The van der Waals surface area contributed by atoms with Crippen molar-refractivity contribution >= 4 is 11.7 Å². The number of ether oxygens (including phenoxy) is 2. The number of aryl methyl sites for hydroxylation is 1. The van der Waals surface area contributed by atoms with Crippen molar-refractivity contribution in [3.63, 3.8) is 0 Å². The number of hydrogen-bond donors (Lipinski definition) is 1. The summed E-state index contributed by atoms with van der Waals surface area (Å²) in [6.45, 7) is 5.90. The van der Waals surface area contributed by atoms with E-state index in [1.54, 1.807) is 18.0 Å². The van der Waals surface area contributed by atoms with E-state index in [0.29, 0.717) is 17.9 Å². The average molecular weight is 471 g/mol. The molecule has 0 aliphatic carbocycles. The molecule has 178 valence electrons. The van der Waals surface area contributed by atoms with Crippen molar-refractivity contribution in [2.24, 2.45) is 0 Å². The Morgan fingerprint density at radius 3 is 2.66 bits per heavy atom. The van der Waals surface area contributed by atoms with Gasteiger partial charge in [0.05, 0.1) is 30.8 Å². The molecule has 5 rings (SSSR count). The Bertz CT molecular complexity index is 1380. The molecule has 1 atom stereocenters. The summed E-state index contributed by atoms with van der Waals surface area (Å²) in [6.07, 6.45) is 1.97. The molecule has 2 aromatic heterocycles. The van der Waals surface area contributed by atoms with E-state index in [9.17, 15) is 4.79 Å². The molecule has 3 heterocycles. The Morgan fingerprint density at radius 1 is 1.11 bits per heavy atom. The maximum Gasteiger partial charge on any atom is 0.272 e. The Hall–Kier alpha value is -4.27. The fourth-order valence-electron chi connectivity index (χ4n) is 4.34. The SMILES string of the molecule is COc1ccc(-c2cnnc(-n3nc(C)c4c3NC(=O)C[C@@H]4c3cccc(OC(C)C)c3)n2)cc1. The summed E-state index contributed by atoms with van der Waals surface area (Å²) in [5.74, 6) is 2.10. The van der Waals surface area contributed by atoms with Crippen LogP contribution in [0.1, 0.15) is 43.0 Å². The topological polar surface area (TPSA) is 104 Å².